The van der Waals surface area contributed by atoms with E-state index in [1.165, 1.54) is 12.3 Å². The van der Waals surface area contributed by atoms with Crippen molar-refractivity contribution in [3.8, 4) is 11.3 Å². The van der Waals surface area contributed by atoms with Crippen LogP contribution in [0, 0.1) is 6.92 Å². The Labute approximate surface area is 139 Å². The van der Waals surface area contributed by atoms with Crippen molar-refractivity contribution in [2.45, 2.75) is 24.8 Å². The molecule has 0 fully saturated rings. The lowest BCUT2D eigenvalue weighted by atomic mass is 10.1. The monoisotopic (exact) mass is 346 g/mol. The van der Waals surface area contributed by atoms with E-state index >= 15 is 0 Å². The topological polar surface area (TPSA) is 108 Å². The highest BCUT2D eigenvalue weighted by Gasteiger charge is 2.18. The summed E-state index contributed by atoms with van der Waals surface area (Å²) >= 11 is 0. The van der Waals surface area contributed by atoms with Gasteiger partial charge in [0.1, 0.15) is 10.5 Å². The van der Waals surface area contributed by atoms with Crippen LogP contribution in [0.25, 0.3) is 22.3 Å². The van der Waals surface area contributed by atoms with E-state index in [1.54, 1.807) is 19.2 Å². The Balaban J connectivity index is 1.97. The maximum Gasteiger partial charge on any atom is 0.242 e. The summed E-state index contributed by atoms with van der Waals surface area (Å²) in [6.45, 7) is 3.26. The number of aromatic nitrogens is 3. The zero-order valence-electron chi connectivity index (χ0n) is 13.3. The first-order chi connectivity index (χ1) is 11.4. The van der Waals surface area contributed by atoms with Crippen molar-refractivity contribution in [2.75, 3.05) is 6.61 Å². The molecule has 1 atom stereocenters. The number of nitrogens with zero attached hydrogens (tertiary/aromatic N) is 2. The summed E-state index contributed by atoms with van der Waals surface area (Å²) in [5.41, 5.74) is 3.30. The zero-order valence-corrected chi connectivity index (χ0v) is 14.1. The highest BCUT2D eigenvalue weighted by molar-refractivity contribution is 7.89. The number of pyridine rings is 2. The fourth-order valence-corrected chi connectivity index (χ4v) is 3.63. The summed E-state index contributed by atoms with van der Waals surface area (Å²) in [7, 11) is -3.70. The summed E-state index contributed by atoms with van der Waals surface area (Å²) < 4.78 is 26.8. The van der Waals surface area contributed by atoms with E-state index < -0.39 is 16.1 Å². The number of aliphatic hydroxyl groups is 1. The third kappa shape index (κ3) is 3.16. The van der Waals surface area contributed by atoms with Gasteiger partial charge in [-0.3, -0.25) is 4.98 Å². The molecule has 0 radical (unpaired) electrons. The summed E-state index contributed by atoms with van der Waals surface area (Å²) in [5, 5.41) is 9.92. The highest BCUT2D eigenvalue weighted by Crippen LogP contribution is 2.27. The summed E-state index contributed by atoms with van der Waals surface area (Å²) in [5.74, 6) is 0. The molecule has 0 aliphatic rings. The Kier molecular flexibility index (Phi) is 4.35. The highest BCUT2D eigenvalue weighted by atomic mass is 32.2. The van der Waals surface area contributed by atoms with Crippen molar-refractivity contribution in [1.29, 1.82) is 0 Å². The van der Waals surface area contributed by atoms with Crippen molar-refractivity contribution >= 4 is 21.1 Å². The van der Waals surface area contributed by atoms with Crippen LogP contribution < -0.4 is 4.72 Å². The van der Waals surface area contributed by atoms with E-state index in [1.807, 2.05) is 19.1 Å². The van der Waals surface area contributed by atoms with Gasteiger partial charge in [0.05, 0.1) is 12.3 Å². The Morgan fingerprint density at radius 2 is 2.08 bits per heavy atom. The van der Waals surface area contributed by atoms with Crippen LogP contribution in [0.4, 0.5) is 0 Å². The molecular formula is C16H18N4O3S. The number of hydrogen-bond donors (Lipinski definition) is 3. The molecule has 0 bridgehead atoms. The molecule has 7 nitrogen and oxygen atoms in total. The summed E-state index contributed by atoms with van der Waals surface area (Å²) in [6, 6.07) is 6.43. The molecule has 0 amide bonds. The first kappa shape index (κ1) is 16.6. The fraction of sp³-hybridized carbons (Fsp3) is 0.250. The molecule has 0 saturated carbocycles. The number of H-pyrrole nitrogens is 1. The minimum atomic E-state index is -3.70. The number of aryl methyl sites for hydroxylation is 1. The predicted molar refractivity (Wildman–Crippen MR) is 90.9 cm³/mol. The molecule has 126 valence electrons. The molecule has 3 aromatic rings. The van der Waals surface area contributed by atoms with Gasteiger partial charge < -0.3 is 10.1 Å². The van der Waals surface area contributed by atoms with Gasteiger partial charge in [-0.05, 0) is 38.1 Å². The van der Waals surface area contributed by atoms with Crippen molar-refractivity contribution in [3.05, 3.63) is 42.4 Å². The summed E-state index contributed by atoms with van der Waals surface area (Å²) in [4.78, 5) is 11.8. The number of rotatable bonds is 5. The van der Waals surface area contributed by atoms with E-state index in [0.717, 1.165) is 22.3 Å². The van der Waals surface area contributed by atoms with Gasteiger partial charge in [-0.1, -0.05) is 0 Å². The Bertz CT molecular complexity index is 965. The lowest BCUT2D eigenvalue weighted by molar-refractivity contribution is 0.265. The van der Waals surface area contributed by atoms with Gasteiger partial charge in [0.2, 0.25) is 10.0 Å². The standard InChI is InChI=1S/C16H18N4O3S/c1-10-7-14-13(5-6-17-16(14)19-10)15-4-3-12(8-18-15)24(22,23)20-11(2)9-21/h3-8,11,20-21H,9H2,1-2H3,(H,17,19)/t11-/m1/s1. The van der Waals surface area contributed by atoms with Crippen molar-refractivity contribution in [2.24, 2.45) is 0 Å². The van der Waals surface area contributed by atoms with Crippen molar-refractivity contribution in [3.63, 3.8) is 0 Å². The summed E-state index contributed by atoms with van der Waals surface area (Å²) in [6.07, 6.45) is 3.00. The Morgan fingerprint density at radius 1 is 1.29 bits per heavy atom. The van der Waals surface area contributed by atoms with E-state index in [0.29, 0.717) is 5.69 Å². The number of nitrogens with one attached hydrogen (secondary N) is 2. The SMILES string of the molecule is Cc1cc2c(-c3ccc(S(=O)(=O)N[C@H](C)CO)cn3)ccnc2[nH]1. The molecule has 0 unspecified atom stereocenters. The van der Waals surface area contributed by atoms with E-state index in [4.69, 9.17) is 5.11 Å². The lowest BCUT2D eigenvalue weighted by Gasteiger charge is -2.11. The van der Waals surface area contributed by atoms with Crippen LogP contribution in [-0.2, 0) is 10.0 Å². The fourth-order valence-electron chi connectivity index (χ4n) is 2.45. The van der Waals surface area contributed by atoms with Gasteiger partial charge >= 0.3 is 0 Å². The molecule has 3 aromatic heterocycles. The van der Waals surface area contributed by atoms with E-state index in [-0.39, 0.29) is 11.5 Å². The number of aliphatic hydroxyl groups excluding tert-OH is 1. The zero-order chi connectivity index (χ0) is 17.3. The van der Waals surface area contributed by atoms with Gasteiger partial charge in [-0.15, -0.1) is 0 Å². The van der Waals surface area contributed by atoms with Crippen LogP contribution in [0.15, 0.2) is 41.6 Å². The largest absolute Gasteiger partial charge is 0.395 e. The smallest absolute Gasteiger partial charge is 0.242 e. The normalized spacial score (nSPS) is 13.3. The molecule has 0 saturated heterocycles. The van der Waals surface area contributed by atoms with Gasteiger partial charge in [-0.2, -0.15) is 0 Å². The maximum atomic E-state index is 12.2. The van der Waals surface area contributed by atoms with Gasteiger partial charge in [0.25, 0.3) is 0 Å². The van der Waals surface area contributed by atoms with Crippen molar-refractivity contribution < 1.29 is 13.5 Å². The number of aromatic amines is 1. The van der Waals surface area contributed by atoms with Gasteiger partial charge in [0.15, 0.2) is 0 Å². The molecule has 0 aliphatic heterocycles. The third-order valence-electron chi connectivity index (χ3n) is 3.62. The quantitative estimate of drug-likeness (QED) is 0.650. The number of fused-ring (bicyclic) bond motifs is 1. The van der Waals surface area contributed by atoms with Crippen LogP contribution in [0.2, 0.25) is 0 Å². The van der Waals surface area contributed by atoms with Gasteiger partial charge in [0, 0.05) is 35.1 Å². The Morgan fingerprint density at radius 3 is 2.75 bits per heavy atom. The maximum absolute atomic E-state index is 12.2. The van der Waals surface area contributed by atoms with Crippen LogP contribution in [0.5, 0.6) is 0 Å². The van der Waals surface area contributed by atoms with Crippen LogP contribution in [0.1, 0.15) is 12.6 Å². The average molecular weight is 346 g/mol. The second-order valence-corrected chi connectivity index (χ2v) is 7.37. The molecule has 24 heavy (non-hydrogen) atoms. The second-order valence-electron chi connectivity index (χ2n) is 5.66. The van der Waals surface area contributed by atoms with Crippen molar-refractivity contribution in [1.82, 2.24) is 19.7 Å². The van der Waals surface area contributed by atoms with E-state index in [2.05, 4.69) is 19.7 Å². The third-order valence-corrected chi connectivity index (χ3v) is 5.19. The average Bonchev–Trinajstić information content (AvgIpc) is 2.94. The predicted octanol–water partition coefficient (Wildman–Crippen LogP) is 1.59. The molecule has 0 aromatic carbocycles. The molecule has 0 aliphatic carbocycles. The minimum Gasteiger partial charge on any atom is -0.395 e. The minimum absolute atomic E-state index is 0.0575. The van der Waals surface area contributed by atoms with Gasteiger partial charge in [-0.25, -0.2) is 18.1 Å². The first-order valence-electron chi connectivity index (χ1n) is 7.44. The molecule has 8 heteroatoms. The Hall–Kier alpha value is -2.29. The van der Waals surface area contributed by atoms with Crippen LogP contribution in [-0.4, -0.2) is 41.1 Å². The number of sulfonamides is 1. The molecule has 3 rings (SSSR count). The molecule has 3 N–H and O–H groups in total. The lowest BCUT2D eigenvalue weighted by Crippen LogP contribution is -2.35. The van der Waals surface area contributed by atoms with Crippen LogP contribution in [0.3, 0.4) is 0 Å². The second kappa shape index (κ2) is 6.31. The first-order valence-corrected chi connectivity index (χ1v) is 8.93. The van der Waals surface area contributed by atoms with Crippen LogP contribution >= 0.6 is 0 Å². The molecule has 3 heterocycles. The van der Waals surface area contributed by atoms with E-state index in [9.17, 15) is 8.42 Å². The molecular weight excluding hydrogens is 328 g/mol. The molecule has 0 spiro atoms. The number of hydrogen-bond acceptors (Lipinski definition) is 5.